The van der Waals surface area contributed by atoms with Crippen molar-refractivity contribution >= 4 is 27.8 Å². The van der Waals surface area contributed by atoms with Crippen LogP contribution >= 0.6 is 15.9 Å². The number of benzene rings is 1. The van der Waals surface area contributed by atoms with Crippen LogP contribution in [-0.2, 0) is 9.53 Å². The predicted molar refractivity (Wildman–Crippen MR) is 83.4 cm³/mol. The van der Waals surface area contributed by atoms with Crippen molar-refractivity contribution in [2.45, 2.75) is 26.3 Å². The van der Waals surface area contributed by atoms with Crippen molar-refractivity contribution in [2.75, 3.05) is 14.2 Å². The highest BCUT2D eigenvalue weighted by molar-refractivity contribution is 9.10. The summed E-state index contributed by atoms with van der Waals surface area (Å²) in [6.45, 7) is 3.95. The maximum Gasteiger partial charge on any atom is 0.328 e. The number of hydrogen-bond acceptors (Lipinski definition) is 4. The van der Waals surface area contributed by atoms with Gasteiger partial charge in [0, 0.05) is 5.56 Å². The van der Waals surface area contributed by atoms with E-state index >= 15 is 0 Å². The van der Waals surface area contributed by atoms with E-state index in [2.05, 4.69) is 21.2 Å². The number of nitrogens with one attached hydrogen (secondary N) is 1. The van der Waals surface area contributed by atoms with Crippen molar-refractivity contribution in [3.8, 4) is 5.75 Å². The number of esters is 1. The van der Waals surface area contributed by atoms with Crippen LogP contribution in [0.3, 0.4) is 0 Å². The molecule has 0 heterocycles. The van der Waals surface area contributed by atoms with Crippen molar-refractivity contribution in [1.82, 2.24) is 5.32 Å². The molecule has 1 atom stereocenters. The standard InChI is InChI=1S/C15H20BrNO4/c1-9(2)7-12(15(19)21-4)17-14(18)10-5-6-11(16)13(8-10)20-3/h5-6,8-9,12H,7H2,1-4H3,(H,17,18)/t12-/m0/s1. The first kappa shape index (κ1) is 17.5. The van der Waals surface area contributed by atoms with E-state index in [1.165, 1.54) is 14.2 Å². The number of rotatable bonds is 6. The third kappa shape index (κ3) is 5.04. The van der Waals surface area contributed by atoms with E-state index in [0.29, 0.717) is 17.7 Å². The zero-order valence-corrected chi connectivity index (χ0v) is 14.2. The molecular formula is C15H20BrNO4. The molecule has 1 rings (SSSR count). The van der Waals surface area contributed by atoms with Crippen LogP contribution in [0.25, 0.3) is 0 Å². The van der Waals surface area contributed by atoms with E-state index in [-0.39, 0.29) is 11.8 Å². The smallest absolute Gasteiger partial charge is 0.328 e. The van der Waals surface area contributed by atoms with Gasteiger partial charge in [-0.15, -0.1) is 0 Å². The van der Waals surface area contributed by atoms with Gasteiger partial charge in [0.15, 0.2) is 0 Å². The fourth-order valence-corrected chi connectivity index (χ4v) is 2.28. The number of halogens is 1. The van der Waals surface area contributed by atoms with Crippen LogP contribution in [0.15, 0.2) is 22.7 Å². The summed E-state index contributed by atoms with van der Waals surface area (Å²) in [6, 6.07) is 4.34. The molecule has 1 N–H and O–H groups in total. The Morgan fingerprint density at radius 3 is 2.48 bits per heavy atom. The van der Waals surface area contributed by atoms with Gasteiger partial charge in [0.1, 0.15) is 11.8 Å². The Morgan fingerprint density at radius 1 is 1.29 bits per heavy atom. The van der Waals surface area contributed by atoms with Crippen molar-refractivity contribution < 1.29 is 19.1 Å². The van der Waals surface area contributed by atoms with Gasteiger partial charge >= 0.3 is 5.97 Å². The Bertz CT molecular complexity index is 516. The van der Waals surface area contributed by atoms with Gasteiger partial charge in [-0.25, -0.2) is 4.79 Å². The van der Waals surface area contributed by atoms with Gasteiger partial charge in [0.05, 0.1) is 18.7 Å². The summed E-state index contributed by atoms with van der Waals surface area (Å²) in [5.41, 5.74) is 0.424. The van der Waals surface area contributed by atoms with Crippen molar-refractivity contribution in [3.05, 3.63) is 28.2 Å². The van der Waals surface area contributed by atoms with Crippen LogP contribution in [0.1, 0.15) is 30.6 Å². The molecule has 0 bridgehead atoms. The lowest BCUT2D eigenvalue weighted by Crippen LogP contribution is -2.42. The van der Waals surface area contributed by atoms with Crippen molar-refractivity contribution in [2.24, 2.45) is 5.92 Å². The minimum Gasteiger partial charge on any atom is -0.496 e. The second-order valence-electron chi connectivity index (χ2n) is 5.03. The predicted octanol–water partition coefficient (Wildman–Crippen LogP) is 2.78. The highest BCUT2D eigenvalue weighted by Crippen LogP contribution is 2.25. The maximum atomic E-state index is 12.2. The molecule has 0 aliphatic heterocycles. The molecule has 1 aromatic rings. The molecule has 0 spiro atoms. The molecule has 6 heteroatoms. The molecule has 116 valence electrons. The summed E-state index contributed by atoms with van der Waals surface area (Å²) in [4.78, 5) is 24.0. The fraction of sp³-hybridized carbons (Fsp3) is 0.467. The molecule has 0 saturated heterocycles. The first-order valence-corrected chi connectivity index (χ1v) is 7.40. The van der Waals surface area contributed by atoms with Crippen LogP contribution in [-0.4, -0.2) is 32.1 Å². The normalized spacial score (nSPS) is 11.9. The van der Waals surface area contributed by atoms with Gasteiger partial charge in [-0.05, 0) is 46.5 Å². The second-order valence-corrected chi connectivity index (χ2v) is 5.88. The number of amides is 1. The molecule has 0 radical (unpaired) electrons. The molecule has 0 aromatic heterocycles. The Labute approximate surface area is 133 Å². The van der Waals surface area contributed by atoms with Crippen molar-refractivity contribution in [1.29, 1.82) is 0 Å². The molecule has 1 amide bonds. The molecule has 1 aromatic carbocycles. The third-order valence-corrected chi connectivity index (χ3v) is 3.57. The fourth-order valence-electron chi connectivity index (χ4n) is 1.87. The third-order valence-electron chi connectivity index (χ3n) is 2.91. The lowest BCUT2D eigenvalue weighted by Gasteiger charge is -2.18. The summed E-state index contributed by atoms with van der Waals surface area (Å²) in [6.07, 6.45) is 0.520. The quantitative estimate of drug-likeness (QED) is 0.795. The van der Waals surface area contributed by atoms with E-state index in [0.717, 1.165) is 4.47 Å². The van der Waals surface area contributed by atoms with E-state index in [4.69, 9.17) is 9.47 Å². The van der Waals surface area contributed by atoms with E-state index in [1.807, 2.05) is 13.8 Å². The minimum atomic E-state index is -0.655. The highest BCUT2D eigenvalue weighted by Gasteiger charge is 2.23. The largest absolute Gasteiger partial charge is 0.496 e. The number of methoxy groups -OCH3 is 2. The molecule has 5 nitrogen and oxygen atoms in total. The van der Waals surface area contributed by atoms with Gasteiger partial charge < -0.3 is 14.8 Å². The van der Waals surface area contributed by atoms with Gasteiger partial charge in [-0.1, -0.05) is 13.8 Å². The molecular weight excluding hydrogens is 338 g/mol. The average Bonchev–Trinajstić information content (AvgIpc) is 2.45. The Balaban J connectivity index is 2.88. The minimum absolute atomic E-state index is 0.258. The van der Waals surface area contributed by atoms with Crippen molar-refractivity contribution in [3.63, 3.8) is 0 Å². The SMILES string of the molecule is COC(=O)[C@H](CC(C)C)NC(=O)c1ccc(Br)c(OC)c1. The number of hydrogen-bond donors (Lipinski definition) is 1. The summed E-state index contributed by atoms with van der Waals surface area (Å²) in [7, 11) is 2.84. The number of ether oxygens (including phenoxy) is 2. The highest BCUT2D eigenvalue weighted by atomic mass is 79.9. The monoisotopic (exact) mass is 357 g/mol. The lowest BCUT2D eigenvalue weighted by atomic mass is 10.0. The molecule has 0 saturated carbocycles. The number of carbonyl (C=O) groups is 2. The maximum absolute atomic E-state index is 12.2. The van der Waals surface area contributed by atoms with Gasteiger partial charge in [0.2, 0.25) is 0 Å². The molecule has 0 aliphatic rings. The van der Waals surface area contributed by atoms with Gasteiger partial charge in [-0.3, -0.25) is 4.79 Å². The summed E-state index contributed by atoms with van der Waals surface area (Å²) >= 11 is 3.33. The van der Waals surface area contributed by atoms with E-state index in [1.54, 1.807) is 18.2 Å². The first-order valence-electron chi connectivity index (χ1n) is 6.61. The van der Waals surface area contributed by atoms with E-state index in [9.17, 15) is 9.59 Å². The second kappa shape index (κ2) is 8.02. The van der Waals surface area contributed by atoms with Crippen LogP contribution < -0.4 is 10.1 Å². The van der Waals surface area contributed by atoms with Crippen LogP contribution in [0, 0.1) is 5.92 Å². The topological polar surface area (TPSA) is 64.6 Å². The number of carbonyl (C=O) groups excluding carboxylic acids is 2. The zero-order chi connectivity index (χ0) is 16.0. The Kier molecular flexibility index (Phi) is 6.68. The molecule has 0 fully saturated rings. The summed E-state index contributed by atoms with van der Waals surface area (Å²) < 4.78 is 10.6. The lowest BCUT2D eigenvalue weighted by molar-refractivity contribution is -0.143. The van der Waals surface area contributed by atoms with Gasteiger partial charge in [-0.2, -0.15) is 0 Å². The zero-order valence-electron chi connectivity index (χ0n) is 12.6. The molecule has 21 heavy (non-hydrogen) atoms. The van der Waals surface area contributed by atoms with Crippen LogP contribution in [0.4, 0.5) is 0 Å². The first-order chi connectivity index (χ1) is 9.88. The summed E-state index contributed by atoms with van der Waals surface area (Å²) in [5.74, 6) is 0.0351. The van der Waals surface area contributed by atoms with Crippen LogP contribution in [0.5, 0.6) is 5.75 Å². The van der Waals surface area contributed by atoms with Gasteiger partial charge in [0.25, 0.3) is 5.91 Å². The summed E-state index contributed by atoms with van der Waals surface area (Å²) in [5, 5.41) is 2.70. The molecule has 0 aliphatic carbocycles. The van der Waals surface area contributed by atoms with E-state index < -0.39 is 12.0 Å². The Morgan fingerprint density at radius 2 is 1.95 bits per heavy atom. The Hall–Kier alpha value is -1.56. The average molecular weight is 358 g/mol. The van der Waals surface area contributed by atoms with Crippen LogP contribution in [0.2, 0.25) is 0 Å². The molecule has 0 unspecified atom stereocenters.